The summed E-state index contributed by atoms with van der Waals surface area (Å²) < 4.78 is 13.1. The predicted octanol–water partition coefficient (Wildman–Crippen LogP) is 1.82. The Labute approximate surface area is 77.2 Å². The highest BCUT2D eigenvalue weighted by Crippen LogP contribution is 2.19. The van der Waals surface area contributed by atoms with Crippen molar-refractivity contribution in [2.45, 2.75) is 13.0 Å². The summed E-state index contributed by atoms with van der Waals surface area (Å²) in [4.78, 5) is 0. The Bertz CT molecular complexity index is 310. The molecule has 0 bridgehead atoms. The van der Waals surface area contributed by atoms with E-state index >= 15 is 0 Å². The molecule has 0 heterocycles. The molecule has 3 heteroatoms. The number of halogens is 1. The zero-order valence-electron chi connectivity index (χ0n) is 7.55. The minimum Gasteiger partial charge on any atom is -0.271 e. The molecular formula is C10H13FN2. The molecule has 0 fully saturated rings. The van der Waals surface area contributed by atoms with Crippen LogP contribution in [-0.2, 0) is 0 Å². The van der Waals surface area contributed by atoms with Gasteiger partial charge < -0.3 is 0 Å². The van der Waals surface area contributed by atoms with Gasteiger partial charge in [0.25, 0.3) is 0 Å². The van der Waals surface area contributed by atoms with Crippen molar-refractivity contribution in [2.75, 3.05) is 0 Å². The summed E-state index contributed by atoms with van der Waals surface area (Å²) in [5, 5.41) is 0. The van der Waals surface area contributed by atoms with Crippen molar-refractivity contribution in [1.29, 1.82) is 0 Å². The fraction of sp³-hybridized carbons (Fsp3) is 0.200. The van der Waals surface area contributed by atoms with Gasteiger partial charge in [0.2, 0.25) is 0 Å². The van der Waals surface area contributed by atoms with E-state index in [0.29, 0.717) is 5.56 Å². The van der Waals surface area contributed by atoms with Crippen LogP contribution in [0.4, 0.5) is 4.39 Å². The van der Waals surface area contributed by atoms with Gasteiger partial charge in [0.05, 0.1) is 6.04 Å². The summed E-state index contributed by atoms with van der Waals surface area (Å²) in [7, 11) is 0. The average Bonchev–Trinajstić information content (AvgIpc) is 2.14. The van der Waals surface area contributed by atoms with Crippen molar-refractivity contribution >= 4 is 0 Å². The van der Waals surface area contributed by atoms with Gasteiger partial charge in [-0.2, -0.15) is 0 Å². The topological polar surface area (TPSA) is 38.0 Å². The van der Waals surface area contributed by atoms with Crippen molar-refractivity contribution < 1.29 is 4.39 Å². The average molecular weight is 180 g/mol. The van der Waals surface area contributed by atoms with Gasteiger partial charge in [0, 0.05) is 0 Å². The van der Waals surface area contributed by atoms with Crippen molar-refractivity contribution in [3.8, 4) is 0 Å². The normalized spacial score (nSPS) is 12.5. The molecular weight excluding hydrogens is 167 g/mol. The Hall–Kier alpha value is -1.19. The number of benzene rings is 1. The summed E-state index contributed by atoms with van der Waals surface area (Å²) in [6.45, 7) is 5.33. The Morgan fingerprint density at radius 3 is 2.85 bits per heavy atom. The highest BCUT2D eigenvalue weighted by molar-refractivity contribution is 5.32. The zero-order chi connectivity index (χ0) is 9.84. The van der Waals surface area contributed by atoms with Crippen molar-refractivity contribution in [3.05, 3.63) is 47.8 Å². The molecule has 0 aliphatic carbocycles. The molecule has 1 aromatic carbocycles. The second-order valence-electron chi connectivity index (χ2n) is 2.83. The molecule has 2 nitrogen and oxygen atoms in total. The molecule has 13 heavy (non-hydrogen) atoms. The van der Waals surface area contributed by atoms with E-state index in [9.17, 15) is 4.39 Å². The number of rotatable bonds is 3. The second kappa shape index (κ2) is 4.16. The number of hydrogen-bond donors (Lipinski definition) is 2. The quantitative estimate of drug-likeness (QED) is 0.423. The van der Waals surface area contributed by atoms with Gasteiger partial charge in [0.1, 0.15) is 5.82 Å². The third-order valence-corrected chi connectivity index (χ3v) is 2.06. The Balaban J connectivity index is 3.13. The molecule has 0 aliphatic heterocycles. The number of nitrogens with two attached hydrogens (primary N) is 1. The fourth-order valence-electron chi connectivity index (χ4n) is 1.25. The first-order valence-electron chi connectivity index (χ1n) is 4.04. The number of nitrogens with one attached hydrogen (secondary N) is 1. The van der Waals surface area contributed by atoms with Crippen LogP contribution in [0.15, 0.2) is 30.9 Å². The minimum absolute atomic E-state index is 0.198. The van der Waals surface area contributed by atoms with Gasteiger partial charge in [-0.15, -0.1) is 6.58 Å². The summed E-state index contributed by atoms with van der Waals surface area (Å²) in [5.74, 6) is 5.07. The Morgan fingerprint density at radius 1 is 1.62 bits per heavy atom. The first-order valence-corrected chi connectivity index (χ1v) is 4.04. The smallest absolute Gasteiger partial charge is 0.126 e. The number of hydrazine groups is 1. The van der Waals surface area contributed by atoms with Gasteiger partial charge in [-0.3, -0.25) is 5.84 Å². The van der Waals surface area contributed by atoms with Crippen LogP contribution in [0.1, 0.15) is 17.2 Å². The largest absolute Gasteiger partial charge is 0.271 e. The molecule has 0 aliphatic rings. The van der Waals surface area contributed by atoms with Crippen LogP contribution in [0.5, 0.6) is 0 Å². The third-order valence-electron chi connectivity index (χ3n) is 2.06. The molecule has 1 atom stereocenters. The summed E-state index contributed by atoms with van der Waals surface area (Å²) >= 11 is 0. The van der Waals surface area contributed by atoms with Crippen molar-refractivity contribution in [1.82, 2.24) is 5.43 Å². The van der Waals surface area contributed by atoms with Crippen LogP contribution in [0.25, 0.3) is 0 Å². The van der Waals surface area contributed by atoms with Crippen LogP contribution >= 0.6 is 0 Å². The second-order valence-corrected chi connectivity index (χ2v) is 2.83. The molecule has 0 amide bonds. The standard InChI is InChI=1S/C10H13FN2/c1-3-10(13-12)8-5-4-6-9(11)7(8)2/h3-6,10,13H,1,12H2,2H3. The van der Waals surface area contributed by atoms with E-state index in [4.69, 9.17) is 5.84 Å². The number of hydrogen-bond acceptors (Lipinski definition) is 2. The minimum atomic E-state index is -0.223. The van der Waals surface area contributed by atoms with Crippen LogP contribution in [0, 0.1) is 12.7 Å². The Morgan fingerprint density at radius 2 is 2.31 bits per heavy atom. The third kappa shape index (κ3) is 1.94. The maximum Gasteiger partial charge on any atom is 0.126 e. The monoisotopic (exact) mass is 180 g/mol. The van der Waals surface area contributed by atoms with Gasteiger partial charge in [-0.25, -0.2) is 9.82 Å². The maximum atomic E-state index is 13.1. The molecule has 1 rings (SSSR count). The van der Waals surface area contributed by atoms with Crippen molar-refractivity contribution in [2.24, 2.45) is 5.84 Å². The van der Waals surface area contributed by atoms with Crippen LogP contribution in [-0.4, -0.2) is 0 Å². The van der Waals surface area contributed by atoms with E-state index in [1.54, 1.807) is 19.1 Å². The first-order chi connectivity index (χ1) is 6.20. The highest BCUT2D eigenvalue weighted by atomic mass is 19.1. The molecule has 70 valence electrons. The fourth-order valence-corrected chi connectivity index (χ4v) is 1.25. The lowest BCUT2D eigenvalue weighted by Crippen LogP contribution is -2.27. The van der Waals surface area contributed by atoms with E-state index in [0.717, 1.165) is 5.56 Å². The van der Waals surface area contributed by atoms with E-state index in [2.05, 4.69) is 12.0 Å². The van der Waals surface area contributed by atoms with Crippen LogP contribution in [0.2, 0.25) is 0 Å². The van der Waals surface area contributed by atoms with Gasteiger partial charge in [-0.05, 0) is 24.1 Å². The predicted molar refractivity (Wildman–Crippen MR) is 51.4 cm³/mol. The summed E-state index contributed by atoms with van der Waals surface area (Å²) in [5.41, 5.74) is 3.97. The summed E-state index contributed by atoms with van der Waals surface area (Å²) in [6, 6.07) is 4.71. The van der Waals surface area contributed by atoms with Crippen LogP contribution < -0.4 is 11.3 Å². The molecule has 0 saturated heterocycles. The van der Waals surface area contributed by atoms with E-state index in [1.165, 1.54) is 6.07 Å². The summed E-state index contributed by atoms with van der Waals surface area (Å²) in [6.07, 6.45) is 1.64. The van der Waals surface area contributed by atoms with Gasteiger partial charge in [-0.1, -0.05) is 18.2 Å². The van der Waals surface area contributed by atoms with Crippen molar-refractivity contribution in [3.63, 3.8) is 0 Å². The van der Waals surface area contributed by atoms with Gasteiger partial charge in [0.15, 0.2) is 0 Å². The van der Waals surface area contributed by atoms with E-state index < -0.39 is 0 Å². The SMILES string of the molecule is C=CC(NN)c1cccc(F)c1C. The first kappa shape index (κ1) is 9.89. The van der Waals surface area contributed by atoms with Crippen LogP contribution in [0.3, 0.4) is 0 Å². The molecule has 0 radical (unpaired) electrons. The highest BCUT2D eigenvalue weighted by Gasteiger charge is 2.09. The maximum absolute atomic E-state index is 13.1. The molecule has 1 aromatic rings. The van der Waals surface area contributed by atoms with E-state index in [-0.39, 0.29) is 11.9 Å². The Kier molecular flexibility index (Phi) is 3.17. The lowest BCUT2D eigenvalue weighted by Gasteiger charge is -2.14. The van der Waals surface area contributed by atoms with Gasteiger partial charge >= 0.3 is 0 Å². The lowest BCUT2D eigenvalue weighted by atomic mass is 10.0. The molecule has 0 spiro atoms. The molecule has 1 unspecified atom stereocenters. The molecule has 3 N–H and O–H groups in total. The molecule has 0 saturated carbocycles. The van der Waals surface area contributed by atoms with E-state index in [1.807, 2.05) is 6.07 Å². The molecule has 0 aromatic heterocycles. The zero-order valence-corrected chi connectivity index (χ0v) is 7.55. The lowest BCUT2D eigenvalue weighted by molar-refractivity contribution is 0.600.